The summed E-state index contributed by atoms with van der Waals surface area (Å²) in [6.07, 6.45) is 11.0. The number of nitrogens with zero attached hydrogens (tertiary/aromatic N) is 1. The number of para-hydroxylation sites is 1. The van der Waals surface area contributed by atoms with Crippen LogP contribution >= 0.6 is 0 Å². The Morgan fingerprint density at radius 2 is 1.66 bits per heavy atom. The molecule has 0 bridgehead atoms. The van der Waals surface area contributed by atoms with Gasteiger partial charge in [0.1, 0.15) is 5.75 Å². The number of benzene rings is 2. The lowest BCUT2D eigenvalue weighted by molar-refractivity contribution is 0.212. The van der Waals surface area contributed by atoms with Gasteiger partial charge in [-0.05, 0) is 72.8 Å². The molecule has 3 rings (SSSR count). The number of hydrogen-bond acceptors (Lipinski definition) is 2. The van der Waals surface area contributed by atoms with Gasteiger partial charge < -0.3 is 4.74 Å². The smallest absolute Gasteiger partial charge is 0.131 e. The molecule has 2 nitrogen and oxygen atoms in total. The summed E-state index contributed by atoms with van der Waals surface area (Å²) < 4.78 is 6.53. The first-order chi connectivity index (χ1) is 15.3. The van der Waals surface area contributed by atoms with E-state index in [0.717, 1.165) is 29.3 Å². The molecule has 0 radical (unpaired) electrons. The summed E-state index contributed by atoms with van der Waals surface area (Å²) in [6.45, 7) is 13.5. The Hall–Kier alpha value is -2.09. The fraction of sp³-hybridized carbons (Fsp3) is 0.567. The SMILES string of the molecule is CCC(C)Oc1c(C=Nc2ccc(C(C)(C)C)cc2)cccc1C1CCCC(C)CCC1. The van der Waals surface area contributed by atoms with Crippen LogP contribution in [0, 0.1) is 5.92 Å². The normalized spacial score (nSPS) is 21.2. The molecule has 1 atom stereocenters. The van der Waals surface area contributed by atoms with Crippen LogP contribution in [0.4, 0.5) is 5.69 Å². The maximum atomic E-state index is 6.53. The zero-order chi connectivity index (χ0) is 23.1. The molecule has 2 heteroatoms. The lowest BCUT2D eigenvalue weighted by Gasteiger charge is -2.26. The van der Waals surface area contributed by atoms with E-state index in [0.29, 0.717) is 5.92 Å². The highest BCUT2D eigenvalue weighted by Crippen LogP contribution is 2.39. The Labute approximate surface area is 196 Å². The van der Waals surface area contributed by atoms with Crippen molar-refractivity contribution in [2.75, 3.05) is 0 Å². The quantitative estimate of drug-likeness (QED) is 0.416. The highest BCUT2D eigenvalue weighted by Gasteiger charge is 2.22. The Balaban J connectivity index is 1.89. The van der Waals surface area contributed by atoms with Crippen molar-refractivity contribution >= 4 is 11.9 Å². The van der Waals surface area contributed by atoms with Crippen molar-refractivity contribution in [1.82, 2.24) is 0 Å². The van der Waals surface area contributed by atoms with Gasteiger partial charge in [-0.1, -0.05) is 84.6 Å². The van der Waals surface area contributed by atoms with E-state index in [-0.39, 0.29) is 11.5 Å². The molecule has 174 valence electrons. The van der Waals surface area contributed by atoms with Crippen LogP contribution in [0.5, 0.6) is 5.75 Å². The maximum Gasteiger partial charge on any atom is 0.131 e. The van der Waals surface area contributed by atoms with E-state index in [9.17, 15) is 0 Å². The molecule has 0 amide bonds. The standard InChI is InChI=1S/C30H43NO/c1-7-23(3)32-29-25(21-31-27-19-17-26(18-20-27)30(4,5)6)15-10-16-28(29)24-13-8-11-22(2)12-9-14-24/h10,15-24H,7-9,11-14H2,1-6H3. The predicted molar refractivity (Wildman–Crippen MR) is 139 cm³/mol. The number of hydrogen-bond donors (Lipinski definition) is 0. The van der Waals surface area contributed by atoms with Crippen LogP contribution < -0.4 is 4.74 Å². The van der Waals surface area contributed by atoms with E-state index < -0.39 is 0 Å². The molecule has 1 aliphatic carbocycles. The van der Waals surface area contributed by atoms with Crippen LogP contribution in [-0.4, -0.2) is 12.3 Å². The molecule has 1 saturated carbocycles. The van der Waals surface area contributed by atoms with Gasteiger partial charge in [0.2, 0.25) is 0 Å². The van der Waals surface area contributed by atoms with Crippen molar-refractivity contribution in [3.8, 4) is 5.75 Å². The Kier molecular flexibility index (Phi) is 8.57. The monoisotopic (exact) mass is 433 g/mol. The number of rotatable bonds is 6. The lowest BCUT2D eigenvalue weighted by Crippen LogP contribution is -2.15. The van der Waals surface area contributed by atoms with Crippen molar-refractivity contribution in [3.63, 3.8) is 0 Å². The molecule has 0 heterocycles. The van der Waals surface area contributed by atoms with Gasteiger partial charge in [-0.25, -0.2) is 0 Å². The largest absolute Gasteiger partial charge is 0.490 e. The summed E-state index contributed by atoms with van der Waals surface area (Å²) in [5.74, 6) is 2.51. The highest BCUT2D eigenvalue weighted by molar-refractivity contribution is 5.86. The van der Waals surface area contributed by atoms with Crippen LogP contribution in [0.3, 0.4) is 0 Å². The van der Waals surface area contributed by atoms with Crippen molar-refractivity contribution in [2.45, 2.75) is 104 Å². The minimum atomic E-state index is 0.156. The first-order valence-electron chi connectivity index (χ1n) is 12.7. The second-order valence-electron chi connectivity index (χ2n) is 10.8. The maximum absolute atomic E-state index is 6.53. The van der Waals surface area contributed by atoms with Crippen molar-refractivity contribution in [2.24, 2.45) is 10.9 Å². The first kappa shape index (κ1) is 24.6. The molecule has 0 aromatic heterocycles. The molecule has 2 aromatic carbocycles. The number of aliphatic imine (C=N–C) groups is 1. The average Bonchev–Trinajstić information content (AvgIpc) is 2.75. The molecule has 0 aliphatic heterocycles. The Morgan fingerprint density at radius 3 is 2.25 bits per heavy atom. The third kappa shape index (κ3) is 6.70. The van der Waals surface area contributed by atoms with Gasteiger partial charge in [-0.3, -0.25) is 4.99 Å². The van der Waals surface area contributed by atoms with Crippen molar-refractivity contribution < 1.29 is 4.74 Å². The van der Waals surface area contributed by atoms with Crippen molar-refractivity contribution in [1.29, 1.82) is 0 Å². The van der Waals surface area contributed by atoms with E-state index in [2.05, 4.69) is 84.0 Å². The van der Waals surface area contributed by atoms with E-state index in [1.54, 1.807) is 0 Å². The van der Waals surface area contributed by atoms with Crippen molar-refractivity contribution in [3.05, 3.63) is 59.2 Å². The summed E-state index contributed by atoms with van der Waals surface area (Å²) >= 11 is 0. The van der Waals surface area contributed by atoms with Crippen LogP contribution in [0.2, 0.25) is 0 Å². The predicted octanol–water partition coefficient (Wildman–Crippen LogP) is 8.99. The first-order valence-corrected chi connectivity index (χ1v) is 12.7. The molecule has 1 fully saturated rings. The van der Waals surface area contributed by atoms with E-state index in [1.165, 1.54) is 49.7 Å². The second kappa shape index (κ2) is 11.2. The minimum Gasteiger partial charge on any atom is -0.490 e. The summed E-state index contributed by atoms with van der Waals surface area (Å²) in [6, 6.07) is 15.2. The molecule has 0 spiro atoms. The van der Waals surface area contributed by atoms with Crippen LogP contribution in [0.25, 0.3) is 0 Å². The molecule has 1 aliphatic rings. The molecule has 1 unspecified atom stereocenters. The summed E-state index contributed by atoms with van der Waals surface area (Å²) in [5.41, 5.74) is 4.95. The summed E-state index contributed by atoms with van der Waals surface area (Å²) in [4.78, 5) is 4.82. The van der Waals surface area contributed by atoms with Gasteiger partial charge in [0.15, 0.2) is 0 Å². The fourth-order valence-electron chi connectivity index (χ4n) is 4.63. The molecule has 0 N–H and O–H groups in total. The van der Waals surface area contributed by atoms with E-state index >= 15 is 0 Å². The van der Waals surface area contributed by atoms with Crippen LogP contribution in [0.1, 0.15) is 109 Å². The van der Waals surface area contributed by atoms with E-state index in [1.807, 2.05) is 6.21 Å². The molecule has 2 aromatic rings. The zero-order valence-electron chi connectivity index (χ0n) is 21.2. The fourth-order valence-corrected chi connectivity index (χ4v) is 4.63. The third-order valence-electron chi connectivity index (χ3n) is 6.99. The van der Waals surface area contributed by atoms with E-state index in [4.69, 9.17) is 9.73 Å². The van der Waals surface area contributed by atoms with Gasteiger partial charge in [-0.15, -0.1) is 0 Å². The molecular weight excluding hydrogens is 390 g/mol. The third-order valence-corrected chi connectivity index (χ3v) is 6.99. The van der Waals surface area contributed by atoms with Gasteiger partial charge in [0.05, 0.1) is 11.8 Å². The Morgan fingerprint density at radius 1 is 1.00 bits per heavy atom. The van der Waals surface area contributed by atoms with Gasteiger partial charge in [0.25, 0.3) is 0 Å². The number of ether oxygens (including phenoxy) is 1. The molecular formula is C30H43NO. The molecule has 0 saturated heterocycles. The second-order valence-corrected chi connectivity index (χ2v) is 10.8. The average molecular weight is 434 g/mol. The topological polar surface area (TPSA) is 21.6 Å². The van der Waals surface area contributed by atoms with Gasteiger partial charge in [-0.2, -0.15) is 0 Å². The Bertz CT molecular complexity index is 865. The van der Waals surface area contributed by atoms with Gasteiger partial charge in [0, 0.05) is 11.8 Å². The lowest BCUT2D eigenvalue weighted by atomic mass is 9.82. The zero-order valence-corrected chi connectivity index (χ0v) is 21.2. The van der Waals surface area contributed by atoms with Gasteiger partial charge >= 0.3 is 0 Å². The highest BCUT2D eigenvalue weighted by atomic mass is 16.5. The van der Waals surface area contributed by atoms with Crippen LogP contribution in [-0.2, 0) is 5.41 Å². The summed E-state index contributed by atoms with van der Waals surface area (Å²) in [5, 5.41) is 0. The van der Waals surface area contributed by atoms with Crippen LogP contribution in [0.15, 0.2) is 47.5 Å². The molecule has 32 heavy (non-hydrogen) atoms. The summed E-state index contributed by atoms with van der Waals surface area (Å²) in [7, 11) is 0. The minimum absolute atomic E-state index is 0.156.